The van der Waals surface area contributed by atoms with Gasteiger partial charge in [0.2, 0.25) is 11.9 Å². The predicted molar refractivity (Wildman–Crippen MR) is 120 cm³/mol. The first-order valence-corrected chi connectivity index (χ1v) is 9.77. The summed E-state index contributed by atoms with van der Waals surface area (Å²) in [6.07, 6.45) is 2.24. The first kappa shape index (κ1) is 24.7. The second-order valence-corrected chi connectivity index (χ2v) is 6.76. The van der Waals surface area contributed by atoms with Crippen LogP contribution in [0.1, 0.15) is 35.8 Å². The SMILES string of the molecule is CC(=O)O.NC(=O)CCCNC(=O)c1ccc(NCc2cnc3nc(N)[nH]c(=O)c3n2)cc1. The number of hydrogen-bond donors (Lipinski definition) is 6. The summed E-state index contributed by atoms with van der Waals surface area (Å²) < 4.78 is 0. The van der Waals surface area contributed by atoms with Crippen LogP contribution in [0, 0.1) is 0 Å². The Hall–Kier alpha value is -4.55. The fourth-order valence-electron chi connectivity index (χ4n) is 2.55. The number of fused-ring (bicyclic) bond motifs is 1. The maximum absolute atomic E-state index is 12.0. The number of benzene rings is 1. The number of nitrogens with two attached hydrogens (primary N) is 2. The first-order valence-electron chi connectivity index (χ1n) is 9.77. The van der Waals surface area contributed by atoms with Gasteiger partial charge in [-0.3, -0.25) is 24.2 Å². The molecule has 0 atom stereocenters. The second kappa shape index (κ2) is 11.7. The van der Waals surface area contributed by atoms with Gasteiger partial charge in [-0.1, -0.05) is 0 Å². The molecule has 13 heteroatoms. The number of nitrogens with one attached hydrogen (secondary N) is 3. The quantitative estimate of drug-likeness (QED) is 0.249. The summed E-state index contributed by atoms with van der Waals surface area (Å²) in [5.41, 5.74) is 12.2. The molecule has 0 bridgehead atoms. The molecule has 2 amide bonds. The summed E-state index contributed by atoms with van der Waals surface area (Å²) in [7, 11) is 0. The Morgan fingerprint density at radius 2 is 1.82 bits per heavy atom. The molecule has 0 radical (unpaired) electrons. The van der Waals surface area contributed by atoms with Gasteiger partial charge in [-0.15, -0.1) is 0 Å². The topological polar surface area (TPSA) is 219 Å². The van der Waals surface area contributed by atoms with Crippen LogP contribution in [0.4, 0.5) is 11.6 Å². The van der Waals surface area contributed by atoms with Crippen LogP contribution in [0.5, 0.6) is 0 Å². The molecule has 0 unspecified atom stereocenters. The lowest BCUT2D eigenvalue weighted by molar-refractivity contribution is -0.134. The maximum Gasteiger partial charge on any atom is 0.300 e. The van der Waals surface area contributed by atoms with Crippen molar-refractivity contribution in [1.82, 2.24) is 25.3 Å². The van der Waals surface area contributed by atoms with E-state index in [1.807, 2.05) is 0 Å². The standard InChI is InChI=1S/C18H20N8O3.C2H4O2/c19-13(27)2-1-7-21-16(28)10-3-5-11(6-4-10)22-8-12-9-23-15-14(24-12)17(29)26-18(20)25-15;1-2(3)4/h3-6,9,22H,1-2,7-8H2,(H2,19,27)(H,21,28)(H3,20,23,25,26,29);1H3,(H,3,4). The van der Waals surface area contributed by atoms with Crippen molar-refractivity contribution in [2.24, 2.45) is 5.73 Å². The smallest absolute Gasteiger partial charge is 0.300 e. The molecule has 3 aromatic rings. The molecular weight excluding hydrogens is 432 g/mol. The summed E-state index contributed by atoms with van der Waals surface area (Å²) in [6, 6.07) is 6.86. The zero-order valence-electron chi connectivity index (χ0n) is 17.8. The number of carboxylic acids is 1. The lowest BCUT2D eigenvalue weighted by atomic mass is 10.2. The minimum absolute atomic E-state index is 0.0142. The second-order valence-electron chi connectivity index (χ2n) is 6.76. The van der Waals surface area contributed by atoms with E-state index in [1.165, 1.54) is 6.20 Å². The van der Waals surface area contributed by atoms with Crippen molar-refractivity contribution in [2.75, 3.05) is 17.6 Å². The molecule has 1 aromatic carbocycles. The van der Waals surface area contributed by atoms with Crippen LogP contribution in [0.2, 0.25) is 0 Å². The van der Waals surface area contributed by atoms with Crippen molar-refractivity contribution in [1.29, 1.82) is 0 Å². The Bertz CT molecular complexity index is 1190. The molecule has 2 aromatic heterocycles. The van der Waals surface area contributed by atoms with Crippen LogP contribution in [0.25, 0.3) is 11.2 Å². The summed E-state index contributed by atoms with van der Waals surface area (Å²) in [4.78, 5) is 58.3. The summed E-state index contributed by atoms with van der Waals surface area (Å²) >= 11 is 0. The molecule has 8 N–H and O–H groups in total. The van der Waals surface area contributed by atoms with Gasteiger partial charge in [-0.2, -0.15) is 4.98 Å². The number of amides is 2. The Labute approximate surface area is 187 Å². The lowest BCUT2D eigenvalue weighted by Crippen LogP contribution is -2.25. The Morgan fingerprint density at radius 3 is 2.45 bits per heavy atom. The van der Waals surface area contributed by atoms with Crippen molar-refractivity contribution in [3.63, 3.8) is 0 Å². The van der Waals surface area contributed by atoms with E-state index in [1.54, 1.807) is 24.3 Å². The van der Waals surface area contributed by atoms with E-state index in [9.17, 15) is 14.4 Å². The van der Waals surface area contributed by atoms with Gasteiger partial charge in [0, 0.05) is 31.1 Å². The number of carbonyl (C=O) groups excluding carboxylic acids is 2. The zero-order chi connectivity index (χ0) is 24.4. The number of H-pyrrole nitrogens is 1. The van der Waals surface area contributed by atoms with Crippen molar-refractivity contribution in [3.05, 3.63) is 52.1 Å². The van der Waals surface area contributed by atoms with E-state index < -0.39 is 17.4 Å². The fourth-order valence-corrected chi connectivity index (χ4v) is 2.55. The number of nitrogens with zero attached hydrogens (tertiary/aromatic N) is 3. The number of primary amides is 1. The Balaban J connectivity index is 0.000000890. The normalized spacial score (nSPS) is 10.1. The van der Waals surface area contributed by atoms with Gasteiger partial charge in [0.25, 0.3) is 17.4 Å². The van der Waals surface area contributed by atoms with Crippen molar-refractivity contribution in [2.45, 2.75) is 26.3 Å². The zero-order valence-corrected chi connectivity index (χ0v) is 17.8. The number of aliphatic carboxylic acids is 1. The summed E-state index contributed by atoms with van der Waals surface area (Å²) in [5, 5.41) is 13.3. The lowest BCUT2D eigenvalue weighted by Gasteiger charge is -2.08. The highest BCUT2D eigenvalue weighted by Gasteiger charge is 2.08. The Morgan fingerprint density at radius 1 is 1.15 bits per heavy atom. The molecule has 0 spiro atoms. The van der Waals surface area contributed by atoms with Crippen LogP contribution in [-0.4, -0.2) is 49.4 Å². The van der Waals surface area contributed by atoms with Crippen LogP contribution >= 0.6 is 0 Å². The highest BCUT2D eigenvalue weighted by Crippen LogP contribution is 2.11. The number of aromatic amines is 1. The van der Waals surface area contributed by atoms with E-state index in [-0.39, 0.29) is 29.4 Å². The van der Waals surface area contributed by atoms with E-state index >= 15 is 0 Å². The maximum atomic E-state index is 12.0. The third kappa shape index (κ3) is 8.24. The molecule has 2 heterocycles. The number of anilines is 2. The van der Waals surface area contributed by atoms with Gasteiger partial charge in [0.05, 0.1) is 18.4 Å². The van der Waals surface area contributed by atoms with Gasteiger partial charge in [-0.25, -0.2) is 9.97 Å². The molecule has 0 aliphatic carbocycles. The number of carboxylic acid groups (broad SMARTS) is 1. The number of rotatable bonds is 8. The molecule has 33 heavy (non-hydrogen) atoms. The van der Waals surface area contributed by atoms with Gasteiger partial charge >= 0.3 is 0 Å². The highest BCUT2D eigenvalue weighted by molar-refractivity contribution is 5.94. The van der Waals surface area contributed by atoms with Crippen LogP contribution in [-0.2, 0) is 16.1 Å². The average Bonchev–Trinajstić information content (AvgIpc) is 2.75. The first-order chi connectivity index (χ1) is 15.7. The molecule has 13 nitrogen and oxygen atoms in total. The molecule has 0 aliphatic rings. The van der Waals surface area contributed by atoms with Gasteiger partial charge in [0.1, 0.15) is 0 Å². The molecule has 3 rings (SSSR count). The highest BCUT2D eigenvalue weighted by atomic mass is 16.4. The van der Waals surface area contributed by atoms with E-state index in [2.05, 4.69) is 30.6 Å². The molecule has 0 aliphatic heterocycles. The number of carbonyl (C=O) groups is 3. The largest absolute Gasteiger partial charge is 0.481 e. The number of aromatic nitrogens is 4. The summed E-state index contributed by atoms with van der Waals surface area (Å²) in [5.74, 6) is -1.47. The van der Waals surface area contributed by atoms with Crippen molar-refractivity contribution < 1.29 is 19.5 Å². The molecule has 0 saturated carbocycles. The average molecular weight is 456 g/mol. The Kier molecular flexibility index (Phi) is 8.79. The third-order valence-electron chi connectivity index (χ3n) is 3.99. The van der Waals surface area contributed by atoms with Gasteiger partial charge in [0.15, 0.2) is 11.2 Å². The number of hydrogen-bond acceptors (Lipinski definition) is 9. The predicted octanol–water partition coefficient (Wildman–Crippen LogP) is -0.00640. The van der Waals surface area contributed by atoms with Crippen LogP contribution < -0.4 is 27.7 Å². The molecular formula is C20H24N8O5. The van der Waals surface area contributed by atoms with E-state index in [4.69, 9.17) is 21.4 Å². The fraction of sp³-hybridized carbons (Fsp3) is 0.250. The minimum Gasteiger partial charge on any atom is -0.481 e. The van der Waals surface area contributed by atoms with Crippen LogP contribution in [0.3, 0.4) is 0 Å². The van der Waals surface area contributed by atoms with Crippen LogP contribution in [0.15, 0.2) is 35.3 Å². The van der Waals surface area contributed by atoms with Crippen molar-refractivity contribution >= 4 is 40.6 Å². The number of nitrogen functional groups attached to an aromatic ring is 1. The van der Waals surface area contributed by atoms with Gasteiger partial charge < -0.3 is 27.2 Å². The van der Waals surface area contributed by atoms with E-state index in [0.717, 1.165) is 12.6 Å². The molecule has 0 fully saturated rings. The molecule has 0 saturated heterocycles. The van der Waals surface area contributed by atoms with E-state index in [0.29, 0.717) is 30.8 Å². The van der Waals surface area contributed by atoms with Crippen molar-refractivity contribution in [3.8, 4) is 0 Å². The monoisotopic (exact) mass is 456 g/mol. The summed E-state index contributed by atoms with van der Waals surface area (Å²) in [6.45, 7) is 1.79. The third-order valence-corrected chi connectivity index (χ3v) is 3.99. The van der Waals surface area contributed by atoms with Gasteiger partial charge in [-0.05, 0) is 30.7 Å². The molecule has 174 valence electrons. The minimum atomic E-state index is -0.833.